The number of methoxy groups -OCH3 is 1. The van der Waals surface area contributed by atoms with E-state index in [1.807, 2.05) is 30.3 Å². The maximum Gasteiger partial charge on any atom is 0.248 e. The molecule has 1 N–H and O–H groups in total. The second-order valence-corrected chi connectivity index (χ2v) is 22.1. The number of hydrogen-bond acceptors (Lipinski definition) is 8. The molecule has 0 radical (unpaired) electrons. The molecule has 18 rings (SSSR count). The van der Waals surface area contributed by atoms with Gasteiger partial charge in [0.25, 0.3) is 0 Å². The minimum absolute atomic E-state index is 0.143. The van der Waals surface area contributed by atoms with E-state index in [1.54, 1.807) is 25.3 Å². The van der Waals surface area contributed by atoms with Crippen LogP contribution >= 0.6 is 0 Å². The SMILES string of the molecule is COc1cccc(-c2nnc(-c3cc(-n4c5ccccc5c5ccccc54)cc(-n4c5ccccc5c5ccccc54)c3)o2)c1.Oc1cccc(-c2nnc(-c3cc(-n4c5ccccc5c5ccccc54)cc(-n4c5ccccc5c5ccccc54)c3)o2)c1. The summed E-state index contributed by atoms with van der Waals surface area (Å²) in [5, 5.41) is 37.4. The van der Waals surface area contributed by atoms with Crippen molar-refractivity contribution in [1.29, 1.82) is 0 Å². The van der Waals surface area contributed by atoms with E-state index in [1.165, 1.54) is 43.1 Å². The van der Waals surface area contributed by atoms with Crippen molar-refractivity contribution in [2.75, 3.05) is 7.11 Å². The number of phenols is 1. The van der Waals surface area contributed by atoms with E-state index in [2.05, 4.69) is 269 Å². The lowest BCUT2D eigenvalue weighted by molar-refractivity contribution is 0.415. The van der Waals surface area contributed by atoms with Crippen molar-refractivity contribution in [3.05, 3.63) is 279 Å². The van der Waals surface area contributed by atoms with Gasteiger partial charge in [0.05, 0.1) is 51.2 Å². The molecule has 0 fully saturated rings. The molecular weight excluding hydrogens is 1100 g/mol. The van der Waals surface area contributed by atoms with Gasteiger partial charge in [-0.3, -0.25) is 0 Å². The van der Waals surface area contributed by atoms with Crippen molar-refractivity contribution in [2.24, 2.45) is 0 Å². The van der Waals surface area contributed by atoms with Crippen molar-refractivity contribution in [3.8, 4) is 80.1 Å². The fourth-order valence-electron chi connectivity index (χ4n) is 13.1. The van der Waals surface area contributed by atoms with E-state index in [0.717, 1.165) is 89.3 Å². The highest BCUT2D eigenvalue weighted by atomic mass is 16.5. The Bertz CT molecular complexity index is 5320. The van der Waals surface area contributed by atoms with Gasteiger partial charge in [0.2, 0.25) is 23.6 Å². The first kappa shape index (κ1) is 51.2. The predicted octanol–water partition coefficient (Wildman–Crippen LogP) is 18.9. The highest BCUT2D eigenvalue weighted by Crippen LogP contribution is 2.41. The number of benzene rings is 12. The van der Waals surface area contributed by atoms with Gasteiger partial charge in [-0.25, -0.2) is 0 Å². The van der Waals surface area contributed by atoms with Gasteiger partial charge in [-0.15, -0.1) is 20.4 Å². The van der Waals surface area contributed by atoms with Crippen molar-refractivity contribution < 1.29 is 18.7 Å². The van der Waals surface area contributed by atoms with Crippen LogP contribution in [0.3, 0.4) is 0 Å². The van der Waals surface area contributed by atoms with E-state index in [-0.39, 0.29) is 5.75 Å². The summed E-state index contributed by atoms with van der Waals surface area (Å²) in [7, 11) is 1.65. The van der Waals surface area contributed by atoms with E-state index >= 15 is 0 Å². The van der Waals surface area contributed by atoms with Gasteiger partial charge < -0.3 is 36.9 Å². The highest BCUT2D eigenvalue weighted by molar-refractivity contribution is 6.13. The first-order chi connectivity index (χ1) is 44.0. The van der Waals surface area contributed by atoms with Crippen LogP contribution in [-0.2, 0) is 0 Å². The summed E-state index contributed by atoms with van der Waals surface area (Å²) in [4.78, 5) is 0. The first-order valence-electron chi connectivity index (χ1n) is 29.4. The molecule has 0 bridgehead atoms. The number of aromatic hydroxyl groups is 1. The summed E-state index contributed by atoms with van der Waals surface area (Å²) in [5.74, 6) is 2.49. The van der Waals surface area contributed by atoms with E-state index in [0.29, 0.717) is 29.1 Å². The van der Waals surface area contributed by atoms with Crippen molar-refractivity contribution in [1.82, 2.24) is 38.7 Å². The Balaban J connectivity index is 0.000000138. The predicted molar refractivity (Wildman–Crippen MR) is 356 cm³/mol. The highest BCUT2D eigenvalue weighted by Gasteiger charge is 2.22. The lowest BCUT2D eigenvalue weighted by atomic mass is 10.1. The van der Waals surface area contributed by atoms with Crippen LogP contribution < -0.4 is 4.74 Å². The zero-order valence-corrected chi connectivity index (χ0v) is 47.8. The molecule has 18 aromatic rings. The molecule has 0 saturated carbocycles. The Morgan fingerprint density at radius 2 is 0.528 bits per heavy atom. The maximum absolute atomic E-state index is 10.0. The van der Waals surface area contributed by atoms with Crippen LogP contribution in [0.2, 0.25) is 0 Å². The summed E-state index contributed by atoms with van der Waals surface area (Å²) >= 11 is 0. The number of hydrogen-bond donors (Lipinski definition) is 1. The van der Waals surface area contributed by atoms with Crippen LogP contribution in [0.15, 0.2) is 288 Å². The van der Waals surface area contributed by atoms with Gasteiger partial charge in [0.15, 0.2) is 0 Å². The molecule has 0 atom stereocenters. The van der Waals surface area contributed by atoms with Crippen LogP contribution in [0, 0.1) is 0 Å². The number of fused-ring (bicyclic) bond motifs is 12. The van der Waals surface area contributed by atoms with Gasteiger partial charge >= 0.3 is 0 Å². The molecular formula is C77H50N8O4. The Hall–Kier alpha value is -12.3. The third-order valence-electron chi connectivity index (χ3n) is 16.9. The average Bonchev–Trinajstić information content (AvgIpc) is 1.76. The summed E-state index contributed by atoms with van der Waals surface area (Å²) in [6, 6.07) is 95.6. The van der Waals surface area contributed by atoms with Gasteiger partial charge in [-0.2, -0.15) is 0 Å². The Labute approximate surface area is 508 Å². The molecule has 0 aliphatic heterocycles. The lowest BCUT2D eigenvalue weighted by Gasteiger charge is -2.14. The molecule has 12 heteroatoms. The summed E-state index contributed by atoms with van der Waals surface area (Å²) in [5.41, 5.74) is 16.0. The Morgan fingerprint density at radius 1 is 0.270 bits per heavy atom. The Kier molecular flexibility index (Phi) is 11.9. The first-order valence-corrected chi connectivity index (χ1v) is 29.4. The summed E-state index contributed by atoms with van der Waals surface area (Å²) < 4.78 is 27.3. The van der Waals surface area contributed by atoms with E-state index in [9.17, 15) is 5.11 Å². The monoisotopic (exact) mass is 1150 g/mol. The maximum atomic E-state index is 10.0. The molecule has 0 aliphatic rings. The van der Waals surface area contributed by atoms with Crippen LogP contribution in [0.4, 0.5) is 0 Å². The van der Waals surface area contributed by atoms with Gasteiger partial charge in [-0.05, 0) is 121 Å². The number of para-hydroxylation sites is 8. The molecule has 0 amide bonds. The Morgan fingerprint density at radius 3 is 0.809 bits per heavy atom. The minimum Gasteiger partial charge on any atom is -0.508 e. The number of aromatic nitrogens is 8. The zero-order valence-electron chi connectivity index (χ0n) is 47.8. The minimum atomic E-state index is 0.143. The van der Waals surface area contributed by atoms with Gasteiger partial charge in [0.1, 0.15) is 11.5 Å². The standard InChI is InChI=1S/C39H26N4O2.C38H24N4O2/c1-44-29-12-10-11-25(23-29)38-40-41-39(45-38)26-21-27(42-34-17-6-2-13-30(34)31-14-3-7-18-35(31)42)24-28(22-26)43-36-19-8-4-15-32(36)33-16-5-9-20-37(33)43;43-28-11-9-10-24(22-28)37-39-40-38(44-37)25-20-26(41-33-16-5-1-12-29(33)30-13-2-6-17-34(30)41)23-27(21-25)42-35-18-7-3-14-31(35)32-15-4-8-19-36(32)42/h2-24H,1H3;1-23,43H. The molecule has 0 aliphatic carbocycles. The topological polar surface area (TPSA) is 127 Å². The number of phenolic OH excluding ortho intramolecular Hbond substituents is 1. The van der Waals surface area contributed by atoms with Crippen LogP contribution in [-0.4, -0.2) is 50.9 Å². The van der Waals surface area contributed by atoms with Crippen LogP contribution in [0.25, 0.3) is 156 Å². The number of nitrogens with zero attached hydrogens (tertiary/aromatic N) is 8. The van der Waals surface area contributed by atoms with Gasteiger partial charge in [-0.1, -0.05) is 158 Å². The zero-order chi connectivity index (χ0) is 59.1. The molecule has 6 aromatic heterocycles. The number of ether oxygens (including phenoxy) is 1. The quantitative estimate of drug-likeness (QED) is 0.151. The molecule has 0 unspecified atom stereocenters. The van der Waals surface area contributed by atoms with Crippen molar-refractivity contribution >= 4 is 87.2 Å². The molecule has 12 aromatic carbocycles. The van der Waals surface area contributed by atoms with Crippen LogP contribution in [0.1, 0.15) is 0 Å². The fraction of sp³-hybridized carbons (Fsp3) is 0.0130. The number of rotatable bonds is 9. The average molecular weight is 1150 g/mol. The third-order valence-corrected chi connectivity index (χ3v) is 16.9. The van der Waals surface area contributed by atoms with Crippen molar-refractivity contribution in [2.45, 2.75) is 0 Å². The van der Waals surface area contributed by atoms with E-state index in [4.69, 9.17) is 13.6 Å². The molecule has 0 spiro atoms. The lowest BCUT2D eigenvalue weighted by Crippen LogP contribution is -2.00. The molecule has 0 saturated heterocycles. The van der Waals surface area contributed by atoms with Crippen LogP contribution in [0.5, 0.6) is 11.5 Å². The van der Waals surface area contributed by atoms with E-state index < -0.39 is 0 Å². The third kappa shape index (κ3) is 8.52. The smallest absolute Gasteiger partial charge is 0.248 e. The normalized spacial score (nSPS) is 11.7. The van der Waals surface area contributed by atoms with Crippen molar-refractivity contribution in [3.63, 3.8) is 0 Å². The molecule has 422 valence electrons. The summed E-state index contributed by atoms with van der Waals surface area (Å²) in [6.45, 7) is 0. The fourth-order valence-corrected chi connectivity index (χ4v) is 13.1. The largest absolute Gasteiger partial charge is 0.508 e. The molecule has 89 heavy (non-hydrogen) atoms. The second-order valence-electron chi connectivity index (χ2n) is 22.1. The molecule has 12 nitrogen and oxygen atoms in total. The molecule has 6 heterocycles. The summed E-state index contributed by atoms with van der Waals surface area (Å²) in [6.07, 6.45) is 0. The van der Waals surface area contributed by atoms with Gasteiger partial charge in [0, 0.05) is 88.1 Å². The second kappa shape index (κ2) is 20.8.